The first-order chi connectivity index (χ1) is 17.6. The fraction of sp³-hybridized carbons (Fsp3) is 0.591. The number of methoxy groups -OCH3 is 1. The van der Waals surface area contributed by atoms with Crippen LogP contribution in [0.3, 0.4) is 0 Å². The fourth-order valence-electron chi connectivity index (χ4n) is 4.07. The molecule has 0 unspecified atom stereocenters. The van der Waals surface area contributed by atoms with Gasteiger partial charge in [0.15, 0.2) is 17.6 Å². The van der Waals surface area contributed by atoms with Crippen LogP contribution < -0.4 is 15.1 Å². The van der Waals surface area contributed by atoms with Crippen LogP contribution in [0.1, 0.15) is 0 Å². The first kappa shape index (κ1) is 27.5. The van der Waals surface area contributed by atoms with E-state index in [9.17, 15) is 45.6 Å². The number of hydrogen-bond donors (Lipinski definition) is 8. The number of rotatable bonds is 7. The van der Waals surface area contributed by atoms with Gasteiger partial charge in [0, 0.05) is 11.5 Å². The van der Waals surface area contributed by atoms with Crippen LogP contribution >= 0.6 is 0 Å². The van der Waals surface area contributed by atoms with Gasteiger partial charge in [-0.1, -0.05) is 0 Å². The first-order valence-electron chi connectivity index (χ1n) is 11.2. The Morgan fingerprint density at radius 1 is 0.865 bits per heavy atom. The molecule has 2 fully saturated rings. The third-order valence-electron chi connectivity index (χ3n) is 6.20. The zero-order chi connectivity index (χ0) is 27.0. The molecule has 2 aromatic rings. The minimum absolute atomic E-state index is 0.0651. The minimum atomic E-state index is -1.85. The van der Waals surface area contributed by atoms with E-state index in [1.165, 1.54) is 19.2 Å². The normalized spacial score (nSPS) is 36.4. The predicted octanol–water partition coefficient (Wildman–Crippen LogP) is -3.49. The van der Waals surface area contributed by atoms with Gasteiger partial charge in [-0.05, 0) is 12.1 Å². The van der Waals surface area contributed by atoms with Gasteiger partial charge >= 0.3 is 5.63 Å². The number of aromatic hydroxyl groups is 1. The Kier molecular flexibility index (Phi) is 8.20. The molecular formula is C22H28O15. The summed E-state index contributed by atoms with van der Waals surface area (Å²) in [6.45, 7) is -1.28. The molecule has 10 atom stereocenters. The zero-order valence-corrected chi connectivity index (χ0v) is 19.4. The van der Waals surface area contributed by atoms with Gasteiger partial charge in [-0.25, -0.2) is 4.79 Å². The summed E-state index contributed by atoms with van der Waals surface area (Å²) in [5.41, 5.74) is -0.982. The lowest BCUT2D eigenvalue weighted by molar-refractivity contribution is -0.323. The van der Waals surface area contributed by atoms with Crippen molar-refractivity contribution in [1.29, 1.82) is 0 Å². The maximum Gasteiger partial charge on any atom is 0.336 e. The Balaban J connectivity index is 1.55. The molecule has 0 bridgehead atoms. The average molecular weight is 532 g/mol. The van der Waals surface area contributed by atoms with Gasteiger partial charge in [-0.15, -0.1) is 0 Å². The minimum Gasteiger partial charge on any atom is -0.502 e. The van der Waals surface area contributed by atoms with E-state index in [2.05, 4.69) is 0 Å². The van der Waals surface area contributed by atoms with Crippen molar-refractivity contribution in [3.8, 4) is 17.2 Å². The number of benzene rings is 1. The third-order valence-corrected chi connectivity index (χ3v) is 6.20. The molecule has 0 amide bonds. The largest absolute Gasteiger partial charge is 0.502 e. The number of aliphatic hydroxyl groups is 7. The van der Waals surface area contributed by atoms with Crippen molar-refractivity contribution < 1.29 is 69.0 Å². The van der Waals surface area contributed by atoms with Crippen molar-refractivity contribution in [1.82, 2.24) is 0 Å². The lowest BCUT2D eigenvalue weighted by Crippen LogP contribution is -2.62. The second-order valence-corrected chi connectivity index (χ2v) is 8.59. The average Bonchev–Trinajstić information content (AvgIpc) is 2.89. The number of phenolic OH excluding ortho intramolecular Hbond substituents is 1. The molecule has 0 spiro atoms. The van der Waals surface area contributed by atoms with E-state index in [1.54, 1.807) is 0 Å². The topological polar surface area (TPSA) is 238 Å². The summed E-state index contributed by atoms with van der Waals surface area (Å²) in [5, 5.41) is 81.3. The van der Waals surface area contributed by atoms with Gasteiger partial charge in [0.25, 0.3) is 0 Å². The summed E-state index contributed by atoms with van der Waals surface area (Å²) in [6, 6.07) is 3.87. The van der Waals surface area contributed by atoms with Crippen molar-refractivity contribution in [2.75, 3.05) is 20.3 Å². The van der Waals surface area contributed by atoms with Crippen molar-refractivity contribution >= 4 is 11.0 Å². The maximum atomic E-state index is 11.8. The van der Waals surface area contributed by atoms with Gasteiger partial charge in [-0.2, -0.15) is 0 Å². The van der Waals surface area contributed by atoms with Crippen LogP contribution in [0, 0.1) is 0 Å². The highest BCUT2D eigenvalue weighted by Gasteiger charge is 2.48. The number of aliphatic hydroxyl groups excluding tert-OH is 7. The summed E-state index contributed by atoms with van der Waals surface area (Å²) in [6.07, 6.45) is -16.4. The van der Waals surface area contributed by atoms with Crippen molar-refractivity contribution in [2.45, 2.75) is 61.4 Å². The molecule has 8 N–H and O–H groups in total. The lowest BCUT2D eigenvalue weighted by Gasteiger charge is -2.42. The molecule has 1 aromatic carbocycles. The van der Waals surface area contributed by atoms with Crippen LogP contribution in [0.5, 0.6) is 17.2 Å². The molecule has 37 heavy (non-hydrogen) atoms. The second kappa shape index (κ2) is 11.0. The fourth-order valence-corrected chi connectivity index (χ4v) is 4.07. The second-order valence-electron chi connectivity index (χ2n) is 8.59. The molecule has 3 heterocycles. The van der Waals surface area contributed by atoms with Crippen molar-refractivity contribution in [2.24, 2.45) is 0 Å². The number of hydrogen-bond acceptors (Lipinski definition) is 15. The maximum absolute atomic E-state index is 11.8. The van der Waals surface area contributed by atoms with Crippen LogP contribution in [-0.4, -0.2) is 123 Å². The van der Waals surface area contributed by atoms with Crippen LogP contribution in [0.4, 0.5) is 0 Å². The monoisotopic (exact) mass is 532 g/mol. The molecule has 4 rings (SSSR count). The Hall–Kier alpha value is -2.57. The quantitative estimate of drug-likeness (QED) is 0.162. The zero-order valence-electron chi connectivity index (χ0n) is 19.4. The smallest absolute Gasteiger partial charge is 0.336 e. The highest BCUT2D eigenvalue weighted by atomic mass is 16.7. The molecule has 0 saturated carbocycles. The molecular weight excluding hydrogens is 504 g/mol. The molecule has 2 saturated heterocycles. The molecule has 206 valence electrons. The van der Waals surface area contributed by atoms with E-state index in [1.807, 2.05) is 0 Å². The lowest BCUT2D eigenvalue weighted by atomic mass is 9.98. The molecule has 2 aliphatic heterocycles. The van der Waals surface area contributed by atoms with E-state index < -0.39 is 91.8 Å². The van der Waals surface area contributed by atoms with Crippen LogP contribution in [-0.2, 0) is 14.2 Å². The number of ether oxygens (including phenoxy) is 5. The molecule has 1 aromatic heterocycles. The van der Waals surface area contributed by atoms with E-state index in [-0.39, 0.29) is 16.7 Å². The van der Waals surface area contributed by atoms with Crippen molar-refractivity contribution in [3.63, 3.8) is 0 Å². The number of fused-ring (bicyclic) bond motifs is 1. The van der Waals surface area contributed by atoms with Crippen molar-refractivity contribution in [3.05, 3.63) is 28.6 Å². The summed E-state index contributed by atoms with van der Waals surface area (Å²) >= 11 is 0. The van der Waals surface area contributed by atoms with Crippen LogP contribution in [0.2, 0.25) is 0 Å². The predicted molar refractivity (Wildman–Crippen MR) is 118 cm³/mol. The van der Waals surface area contributed by atoms with Gasteiger partial charge in [0.05, 0.1) is 20.3 Å². The summed E-state index contributed by atoms with van der Waals surface area (Å²) in [7, 11) is 1.27. The SMILES string of the molecule is COc1cc2ccc(=O)oc2c(O[C@@H]2O[C@H](CO[C@@H]3O[C@H](CO)[C@@H](O)[C@H](O)[C@H]3O)[C@@H](O)[C@H](O)[C@H]2O)c1O. The van der Waals surface area contributed by atoms with Gasteiger partial charge in [0.2, 0.25) is 17.8 Å². The highest BCUT2D eigenvalue weighted by molar-refractivity contribution is 5.87. The molecule has 0 radical (unpaired) electrons. The van der Waals surface area contributed by atoms with E-state index in [0.717, 1.165) is 6.07 Å². The Morgan fingerprint density at radius 2 is 1.49 bits per heavy atom. The molecule has 15 heteroatoms. The Labute approximate surface area is 208 Å². The summed E-state index contributed by atoms with van der Waals surface area (Å²) in [4.78, 5) is 11.8. The van der Waals surface area contributed by atoms with Gasteiger partial charge in [-0.3, -0.25) is 0 Å². The van der Waals surface area contributed by atoms with E-state index in [4.69, 9.17) is 28.1 Å². The highest BCUT2D eigenvalue weighted by Crippen LogP contribution is 2.43. The summed E-state index contributed by atoms with van der Waals surface area (Å²) < 4.78 is 31.9. The van der Waals surface area contributed by atoms with Gasteiger partial charge in [0.1, 0.15) is 48.8 Å². The van der Waals surface area contributed by atoms with Crippen LogP contribution in [0.25, 0.3) is 11.0 Å². The Bertz CT molecular complexity index is 1130. The Morgan fingerprint density at radius 3 is 2.14 bits per heavy atom. The van der Waals surface area contributed by atoms with E-state index in [0.29, 0.717) is 0 Å². The molecule has 0 aliphatic carbocycles. The van der Waals surface area contributed by atoms with Gasteiger partial charge < -0.3 is 69.0 Å². The third kappa shape index (κ3) is 5.23. The molecule has 15 nitrogen and oxygen atoms in total. The first-order valence-corrected chi connectivity index (χ1v) is 11.2. The number of phenols is 1. The van der Waals surface area contributed by atoms with E-state index >= 15 is 0 Å². The standard InChI is InChI=1S/C22H28O15/c1-32-8-4-7-2-3-11(24)36-19(7)20(14(8)27)37-22-18(31)16(29)13(26)10(35-22)6-33-21-17(30)15(28)12(25)9(5-23)34-21/h2-4,9-10,12-13,15-18,21-23,25-31H,5-6H2,1H3/t9-,10-,12-,13-,15+,16+,17-,18-,21-,22+/m1/s1. The van der Waals surface area contributed by atoms with Crippen LogP contribution in [0.15, 0.2) is 27.4 Å². The molecule has 2 aliphatic rings. The summed E-state index contributed by atoms with van der Waals surface area (Å²) in [5.74, 6) is -1.12.